The van der Waals surface area contributed by atoms with E-state index < -0.39 is 0 Å². The third-order valence-electron chi connectivity index (χ3n) is 3.32. The smallest absolute Gasteiger partial charge is 0.138 e. The van der Waals surface area contributed by atoms with Gasteiger partial charge < -0.3 is 10.1 Å². The second-order valence-corrected chi connectivity index (χ2v) is 5.60. The molecule has 1 N–H and O–H groups in total. The van der Waals surface area contributed by atoms with Gasteiger partial charge >= 0.3 is 0 Å². The van der Waals surface area contributed by atoms with Crippen LogP contribution in [0, 0.1) is 0 Å². The number of nitrogens with one attached hydrogen (secondary N) is 1. The van der Waals surface area contributed by atoms with Crippen molar-refractivity contribution in [2.45, 2.75) is 38.7 Å². The molecule has 0 aliphatic heterocycles. The average molecular weight is 284 g/mol. The molecule has 0 atom stereocenters. The highest BCUT2D eigenvalue weighted by Crippen LogP contribution is 2.39. The number of hydrogen-bond donors (Lipinski definition) is 1. The first-order valence-corrected chi connectivity index (χ1v) is 7.34. The quantitative estimate of drug-likeness (QED) is 0.913. The molecule has 0 aromatic carbocycles. The second-order valence-electron chi connectivity index (χ2n) is 5.60. The van der Waals surface area contributed by atoms with Gasteiger partial charge in [0, 0.05) is 30.8 Å². The van der Waals surface area contributed by atoms with Crippen LogP contribution < -0.4 is 10.1 Å². The highest BCUT2D eigenvalue weighted by molar-refractivity contribution is 5.63. The summed E-state index contributed by atoms with van der Waals surface area (Å²) in [6.07, 6.45) is 6.03. The van der Waals surface area contributed by atoms with Gasteiger partial charge in [-0.2, -0.15) is 0 Å². The van der Waals surface area contributed by atoms with E-state index in [1.807, 2.05) is 39.2 Å². The van der Waals surface area contributed by atoms with Crippen molar-refractivity contribution < 1.29 is 4.74 Å². The van der Waals surface area contributed by atoms with Crippen LogP contribution in [0.1, 0.15) is 38.4 Å². The average Bonchev–Trinajstić information content (AvgIpc) is 3.31. The highest BCUT2D eigenvalue weighted by Gasteiger charge is 2.27. The van der Waals surface area contributed by atoms with Crippen LogP contribution >= 0.6 is 0 Å². The van der Waals surface area contributed by atoms with Gasteiger partial charge in [-0.25, -0.2) is 9.97 Å². The third-order valence-corrected chi connectivity index (χ3v) is 3.32. The van der Waals surface area contributed by atoms with Gasteiger partial charge in [0.05, 0.1) is 18.0 Å². The first kappa shape index (κ1) is 13.8. The van der Waals surface area contributed by atoms with Crippen molar-refractivity contribution in [2.75, 3.05) is 12.4 Å². The van der Waals surface area contributed by atoms with Crippen LogP contribution in [-0.2, 0) is 0 Å². The summed E-state index contributed by atoms with van der Waals surface area (Å²) < 4.78 is 5.70. The summed E-state index contributed by atoms with van der Waals surface area (Å²) >= 11 is 0. The SMILES string of the molecule is CNc1cc(-c2cncc(OC(C)C)c2)nc(C2CC2)n1. The Morgan fingerprint density at radius 1 is 1.19 bits per heavy atom. The molecule has 0 spiro atoms. The summed E-state index contributed by atoms with van der Waals surface area (Å²) in [6.45, 7) is 4.00. The minimum Gasteiger partial charge on any atom is -0.489 e. The summed E-state index contributed by atoms with van der Waals surface area (Å²) in [7, 11) is 1.87. The Hall–Kier alpha value is -2.17. The maximum absolute atomic E-state index is 5.70. The fourth-order valence-electron chi connectivity index (χ4n) is 2.16. The molecule has 0 radical (unpaired) electrons. The number of anilines is 1. The van der Waals surface area contributed by atoms with E-state index in [1.165, 1.54) is 12.8 Å². The van der Waals surface area contributed by atoms with Crippen LogP contribution in [0.4, 0.5) is 5.82 Å². The van der Waals surface area contributed by atoms with E-state index in [4.69, 9.17) is 4.74 Å². The molecule has 0 unspecified atom stereocenters. The number of rotatable bonds is 5. The Bertz CT molecular complexity index is 638. The molecule has 1 saturated carbocycles. The highest BCUT2D eigenvalue weighted by atomic mass is 16.5. The summed E-state index contributed by atoms with van der Waals surface area (Å²) in [4.78, 5) is 13.5. The predicted octanol–water partition coefficient (Wildman–Crippen LogP) is 3.24. The lowest BCUT2D eigenvalue weighted by Crippen LogP contribution is -2.06. The molecule has 0 bridgehead atoms. The zero-order chi connectivity index (χ0) is 14.8. The number of nitrogens with zero attached hydrogens (tertiary/aromatic N) is 3. The van der Waals surface area contributed by atoms with Crippen molar-refractivity contribution in [3.05, 3.63) is 30.4 Å². The Kier molecular flexibility index (Phi) is 3.73. The van der Waals surface area contributed by atoms with Gasteiger partial charge in [-0.1, -0.05) is 0 Å². The monoisotopic (exact) mass is 284 g/mol. The van der Waals surface area contributed by atoms with Crippen molar-refractivity contribution in [3.63, 3.8) is 0 Å². The van der Waals surface area contributed by atoms with Crippen LogP contribution in [0.3, 0.4) is 0 Å². The Balaban J connectivity index is 1.97. The van der Waals surface area contributed by atoms with Gasteiger partial charge in [-0.15, -0.1) is 0 Å². The van der Waals surface area contributed by atoms with E-state index in [0.717, 1.165) is 28.6 Å². The molecule has 2 heterocycles. The van der Waals surface area contributed by atoms with Crippen molar-refractivity contribution in [1.29, 1.82) is 0 Å². The predicted molar refractivity (Wildman–Crippen MR) is 82.5 cm³/mol. The third kappa shape index (κ3) is 3.29. The standard InChI is InChI=1S/C16H20N4O/c1-10(2)21-13-6-12(8-18-9-13)14-7-15(17-3)20-16(19-14)11-4-5-11/h6-11H,4-5H2,1-3H3,(H,17,19,20). The van der Waals surface area contributed by atoms with E-state index in [0.29, 0.717) is 5.92 Å². The van der Waals surface area contributed by atoms with E-state index in [1.54, 1.807) is 6.20 Å². The van der Waals surface area contributed by atoms with E-state index in [2.05, 4.69) is 20.3 Å². The van der Waals surface area contributed by atoms with Crippen molar-refractivity contribution in [2.24, 2.45) is 0 Å². The Morgan fingerprint density at radius 3 is 2.67 bits per heavy atom. The second kappa shape index (κ2) is 5.68. The van der Waals surface area contributed by atoms with Crippen molar-refractivity contribution >= 4 is 5.82 Å². The zero-order valence-corrected chi connectivity index (χ0v) is 12.6. The van der Waals surface area contributed by atoms with Gasteiger partial charge in [0.25, 0.3) is 0 Å². The van der Waals surface area contributed by atoms with E-state index in [-0.39, 0.29) is 6.10 Å². The molecule has 5 heteroatoms. The Morgan fingerprint density at radius 2 is 2.00 bits per heavy atom. The van der Waals surface area contributed by atoms with Gasteiger partial charge in [0.2, 0.25) is 0 Å². The molecular weight excluding hydrogens is 264 g/mol. The fourth-order valence-corrected chi connectivity index (χ4v) is 2.16. The lowest BCUT2D eigenvalue weighted by molar-refractivity contribution is 0.241. The van der Waals surface area contributed by atoms with Crippen LogP contribution in [0.2, 0.25) is 0 Å². The summed E-state index contributed by atoms with van der Waals surface area (Å²) in [5.41, 5.74) is 1.84. The lowest BCUT2D eigenvalue weighted by atomic mass is 10.2. The largest absolute Gasteiger partial charge is 0.489 e. The minimum absolute atomic E-state index is 0.127. The maximum atomic E-state index is 5.70. The van der Waals surface area contributed by atoms with Gasteiger partial charge in [-0.3, -0.25) is 4.98 Å². The van der Waals surface area contributed by atoms with Crippen LogP contribution in [0.5, 0.6) is 5.75 Å². The van der Waals surface area contributed by atoms with Crippen molar-refractivity contribution in [1.82, 2.24) is 15.0 Å². The van der Waals surface area contributed by atoms with Gasteiger partial charge in [-0.05, 0) is 32.8 Å². The molecule has 2 aromatic heterocycles. The molecule has 3 rings (SSSR count). The molecule has 1 aliphatic carbocycles. The van der Waals surface area contributed by atoms with Gasteiger partial charge in [0.1, 0.15) is 17.4 Å². The molecule has 110 valence electrons. The van der Waals surface area contributed by atoms with Crippen LogP contribution in [-0.4, -0.2) is 28.1 Å². The molecule has 2 aromatic rings. The lowest BCUT2D eigenvalue weighted by Gasteiger charge is -2.11. The summed E-state index contributed by atoms with van der Waals surface area (Å²) in [6, 6.07) is 3.92. The fraction of sp³-hybridized carbons (Fsp3) is 0.438. The van der Waals surface area contributed by atoms with E-state index >= 15 is 0 Å². The summed E-state index contributed by atoms with van der Waals surface area (Å²) in [5, 5.41) is 3.10. The van der Waals surface area contributed by atoms with Crippen molar-refractivity contribution in [3.8, 4) is 17.0 Å². The molecule has 1 fully saturated rings. The van der Waals surface area contributed by atoms with Crippen LogP contribution in [0.15, 0.2) is 24.5 Å². The molecule has 21 heavy (non-hydrogen) atoms. The normalized spacial score (nSPS) is 14.3. The number of pyridine rings is 1. The van der Waals surface area contributed by atoms with E-state index in [9.17, 15) is 0 Å². The summed E-state index contributed by atoms with van der Waals surface area (Å²) in [5.74, 6) is 3.05. The maximum Gasteiger partial charge on any atom is 0.138 e. The topological polar surface area (TPSA) is 59.9 Å². The Labute approximate surface area is 124 Å². The first-order valence-electron chi connectivity index (χ1n) is 7.34. The molecule has 1 aliphatic rings. The molecule has 0 saturated heterocycles. The molecule has 0 amide bonds. The first-order chi connectivity index (χ1) is 10.2. The molecular formula is C16H20N4O. The number of hydrogen-bond acceptors (Lipinski definition) is 5. The van der Waals surface area contributed by atoms with Gasteiger partial charge in [0.15, 0.2) is 0 Å². The number of ether oxygens (including phenoxy) is 1. The zero-order valence-electron chi connectivity index (χ0n) is 12.6. The minimum atomic E-state index is 0.127. The van der Waals surface area contributed by atoms with Crippen LogP contribution in [0.25, 0.3) is 11.3 Å². The number of aromatic nitrogens is 3. The molecule has 5 nitrogen and oxygen atoms in total.